The van der Waals surface area contributed by atoms with Gasteiger partial charge in [0.15, 0.2) is 0 Å². The minimum absolute atomic E-state index is 0. The van der Waals surface area contributed by atoms with Gasteiger partial charge in [0.25, 0.3) is 0 Å². The van der Waals surface area contributed by atoms with Gasteiger partial charge in [-0.2, -0.15) is 0 Å². The van der Waals surface area contributed by atoms with Gasteiger partial charge in [0.2, 0.25) is 0 Å². The monoisotopic (exact) mass is 815 g/mol. The maximum atomic E-state index is 0. The third-order valence-corrected chi connectivity index (χ3v) is 0. The van der Waals surface area contributed by atoms with Gasteiger partial charge in [0.05, 0.1) is 0 Å². The molecule has 0 bridgehead atoms. The Kier molecular flexibility index (Phi) is 903. The average molecular weight is 812 g/mol. The first kappa shape index (κ1) is 120. The Morgan fingerprint density at radius 1 is 0.143 bits per heavy atom. The molecule has 0 aliphatic rings. The summed E-state index contributed by atoms with van der Waals surface area (Å²) in [6.07, 6.45) is 0. The molecule has 0 fully saturated rings. The normalized spacial score (nSPS) is 0. The quantitative estimate of drug-likeness (QED) is 0.215. The van der Waals surface area contributed by atoms with Crippen LogP contribution in [0, 0.1) is 0 Å². The minimum atomic E-state index is 0. The van der Waals surface area contributed by atoms with Gasteiger partial charge in [0.1, 0.15) is 0 Å². The molecule has 0 atom stereocenters. The van der Waals surface area contributed by atoms with Crippen LogP contribution in [0.25, 0.3) is 0 Å². The third kappa shape index (κ3) is 92.5. The van der Waals surface area contributed by atoms with E-state index < -0.39 is 0 Å². The predicted octanol–water partition coefficient (Wildman–Crippen LogP) is -5.33. The summed E-state index contributed by atoms with van der Waals surface area (Å²) in [5.74, 6) is 0. The van der Waals surface area contributed by atoms with Gasteiger partial charge in [-0.05, 0) is 0 Å². The molecule has 0 saturated heterocycles. The SMILES string of the molecule is [Mg].[Mg].[Mg].[Mg].[Mg].[Mg].[Mg].[Mg].[Mg].[Sn].[Sn].[Sn].[Sn].[Sn]. The Hall–Kier alpha value is 10.9. The summed E-state index contributed by atoms with van der Waals surface area (Å²) >= 11 is 0. The molecule has 0 aliphatic carbocycles. The van der Waals surface area contributed by atoms with Crippen LogP contribution in [0.3, 0.4) is 0 Å². The van der Waals surface area contributed by atoms with Crippen LogP contribution < -0.4 is 0 Å². The van der Waals surface area contributed by atoms with Gasteiger partial charge >= 0.3 is 0 Å². The van der Waals surface area contributed by atoms with Gasteiger partial charge in [0, 0.05) is 327 Å². The largest absolute Gasteiger partial charge is 0 e. The summed E-state index contributed by atoms with van der Waals surface area (Å²) in [5, 5.41) is 0. The molecule has 0 aromatic carbocycles. The molecule has 0 unspecified atom stereocenters. The molecule has 0 spiro atoms. The van der Waals surface area contributed by atoms with Crippen LogP contribution in [-0.2, 0) is 0 Å². The molecule has 0 heterocycles. The fourth-order valence-electron chi connectivity index (χ4n) is 0. The van der Waals surface area contributed by atoms with Crippen molar-refractivity contribution in [2.75, 3.05) is 0 Å². The maximum absolute atomic E-state index is 0. The van der Waals surface area contributed by atoms with Crippen LogP contribution in [-0.4, -0.2) is 327 Å². The van der Waals surface area contributed by atoms with Crippen molar-refractivity contribution >= 4 is 327 Å². The summed E-state index contributed by atoms with van der Waals surface area (Å²) in [4.78, 5) is 0. The van der Waals surface area contributed by atoms with Crippen molar-refractivity contribution in [1.29, 1.82) is 0 Å². The molecule has 0 aromatic heterocycles. The van der Waals surface area contributed by atoms with Crippen molar-refractivity contribution in [3.8, 4) is 0 Å². The summed E-state index contributed by atoms with van der Waals surface area (Å²) in [7, 11) is 0. The van der Waals surface area contributed by atoms with Crippen molar-refractivity contribution in [2.24, 2.45) is 0 Å². The van der Waals surface area contributed by atoms with Gasteiger partial charge in [-0.15, -0.1) is 0 Å². The van der Waals surface area contributed by atoms with Gasteiger partial charge < -0.3 is 0 Å². The van der Waals surface area contributed by atoms with Crippen LogP contribution in [0.1, 0.15) is 0 Å². The van der Waals surface area contributed by atoms with E-state index >= 15 is 0 Å². The zero-order valence-electron chi connectivity index (χ0n) is 8.86. The van der Waals surface area contributed by atoms with E-state index in [1.165, 1.54) is 0 Å². The number of hydrogen-bond acceptors (Lipinski definition) is 0. The predicted molar refractivity (Wildman–Crippen MR) is 80.6 cm³/mol. The Bertz CT molecular complexity index is 13.2. The zero-order chi connectivity index (χ0) is 0. The van der Waals surface area contributed by atoms with E-state index in [1.807, 2.05) is 0 Å². The average Bonchev–Trinajstić information content (AvgIpc) is 0. The summed E-state index contributed by atoms with van der Waals surface area (Å²) in [6, 6.07) is 0. The molecule has 0 amide bonds. The number of rotatable bonds is 0. The van der Waals surface area contributed by atoms with Crippen molar-refractivity contribution in [3.05, 3.63) is 0 Å². The van der Waals surface area contributed by atoms with Gasteiger partial charge in [-0.25, -0.2) is 0 Å². The first-order chi connectivity index (χ1) is 0. The van der Waals surface area contributed by atoms with E-state index in [0.29, 0.717) is 0 Å². The topological polar surface area (TPSA) is 0 Å². The summed E-state index contributed by atoms with van der Waals surface area (Å²) in [6.45, 7) is 0. The third-order valence-electron chi connectivity index (χ3n) is 0. The first-order valence-electron chi connectivity index (χ1n) is 0. The fraction of sp³-hybridized carbons (Fsp3) is 0. The first-order valence-corrected chi connectivity index (χ1v) is 0. The Morgan fingerprint density at radius 2 is 0.143 bits per heavy atom. The maximum Gasteiger partial charge on any atom is 0 e. The van der Waals surface area contributed by atoms with Crippen LogP contribution in [0.15, 0.2) is 0 Å². The van der Waals surface area contributed by atoms with Crippen LogP contribution in [0.2, 0.25) is 0 Å². The fourth-order valence-corrected chi connectivity index (χ4v) is 0. The van der Waals surface area contributed by atoms with Gasteiger partial charge in [-0.3, -0.25) is 0 Å². The smallest absolute Gasteiger partial charge is 0 e. The molecule has 0 N–H and O–H groups in total. The minimum Gasteiger partial charge on any atom is 0 e. The zero-order valence-corrected chi connectivity index (χ0v) is 35.9. The van der Waals surface area contributed by atoms with Crippen LogP contribution >= 0.6 is 0 Å². The molecule has 0 saturated carbocycles. The molecule has 14 heteroatoms. The van der Waals surface area contributed by atoms with E-state index in [0.717, 1.165) is 0 Å². The molecule has 0 rings (SSSR count). The Morgan fingerprint density at radius 3 is 0.143 bits per heavy atom. The molecule has 14 heavy (non-hydrogen) atoms. The number of hydrogen-bond donors (Lipinski definition) is 0. The molecular formula is Mg9Sn5. The molecule has 0 aromatic rings. The summed E-state index contributed by atoms with van der Waals surface area (Å²) < 4.78 is 0. The van der Waals surface area contributed by atoms with E-state index in [9.17, 15) is 0 Å². The van der Waals surface area contributed by atoms with E-state index in [4.69, 9.17) is 0 Å². The van der Waals surface area contributed by atoms with Crippen molar-refractivity contribution in [3.63, 3.8) is 0 Å². The van der Waals surface area contributed by atoms with Crippen molar-refractivity contribution in [2.45, 2.75) is 0 Å². The van der Waals surface area contributed by atoms with Crippen molar-refractivity contribution < 1.29 is 0 Å². The van der Waals surface area contributed by atoms with Crippen molar-refractivity contribution in [1.82, 2.24) is 0 Å². The summed E-state index contributed by atoms with van der Waals surface area (Å²) in [5.41, 5.74) is 0. The second kappa shape index (κ2) is 106. The Labute approximate surface area is 317 Å². The van der Waals surface area contributed by atoms with Gasteiger partial charge in [-0.1, -0.05) is 0 Å². The molecular weight excluding hydrogens is 812 g/mol. The van der Waals surface area contributed by atoms with E-state index in [-0.39, 0.29) is 327 Å². The van der Waals surface area contributed by atoms with E-state index in [2.05, 4.69) is 0 Å². The van der Waals surface area contributed by atoms with E-state index in [1.54, 1.807) is 0 Å². The second-order valence-electron chi connectivity index (χ2n) is 0. The molecule has 0 nitrogen and oxygen atoms in total. The molecule has 38 valence electrons. The molecule has 38 radical (unpaired) electrons. The molecule has 0 aliphatic heterocycles. The van der Waals surface area contributed by atoms with Crippen LogP contribution in [0.4, 0.5) is 0 Å². The standard InChI is InChI=1S/9Mg.5Sn. The van der Waals surface area contributed by atoms with Crippen LogP contribution in [0.5, 0.6) is 0 Å². The Balaban J connectivity index is 0. The second-order valence-corrected chi connectivity index (χ2v) is 0.